The predicted molar refractivity (Wildman–Crippen MR) is 123 cm³/mol. The van der Waals surface area contributed by atoms with Gasteiger partial charge in [0.1, 0.15) is 11.5 Å². The standard InChI is InChI=1S/C26H28N2O3/c1-31-22-14-12-19(13-15-22)23-9-3-4-10-24(23)27-26(30)21-8-6-16-28(18-21)17-20-7-2-5-11-25(20)29/h2-5,7,9-15,21,29H,6,8,16-18H2,1H3,(H,27,30). The minimum absolute atomic E-state index is 0.0444. The molecule has 1 amide bonds. The summed E-state index contributed by atoms with van der Waals surface area (Å²) in [5.41, 5.74) is 3.73. The van der Waals surface area contributed by atoms with Gasteiger partial charge in [-0.25, -0.2) is 0 Å². The van der Waals surface area contributed by atoms with Gasteiger partial charge in [-0.15, -0.1) is 0 Å². The predicted octanol–water partition coefficient (Wildman–Crippen LogP) is 4.92. The molecule has 5 heteroatoms. The van der Waals surface area contributed by atoms with Crippen LogP contribution in [0.25, 0.3) is 11.1 Å². The van der Waals surface area contributed by atoms with E-state index in [9.17, 15) is 9.90 Å². The van der Waals surface area contributed by atoms with Gasteiger partial charge in [0.25, 0.3) is 0 Å². The van der Waals surface area contributed by atoms with Crippen LogP contribution >= 0.6 is 0 Å². The largest absolute Gasteiger partial charge is 0.508 e. The molecule has 1 fully saturated rings. The van der Waals surface area contributed by atoms with Gasteiger partial charge in [0.05, 0.1) is 13.0 Å². The minimum atomic E-state index is -0.0801. The molecule has 4 rings (SSSR count). The van der Waals surface area contributed by atoms with E-state index in [2.05, 4.69) is 10.2 Å². The van der Waals surface area contributed by atoms with Crippen LogP contribution in [0.4, 0.5) is 5.69 Å². The summed E-state index contributed by atoms with van der Waals surface area (Å²) in [6, 6.07) is 23.1. The number of rotatable bonds is 6. The summed E-state index contributed by atoms with van der Waals surface area (Å²) in [5, 5.41) is 13.2. The van der Waals surface area contributed by atoms with Crippen molar-refractivity contribution in [1.82, 2.24) is 4.90 Å². The van der Waals surface area contributed by atoms with Crippen molar-refractivity contribution >= 4 is 11.6 Å². The van der Waals surface area contributed by atoms with Gasteiger partial charge in [-0.2, -0.15) is 0 Å². The maximum Gasteiger partial charge on any atom is 0.228 e. The SMILES string of the molecule is COc1ccc(-c2ccccc2NC(=O)C2CCCN(Cc3ccccc3O)C2)cc1. The molecule has 1 saturated heterocycles. The Balaban J connectivity index is 1.45. The van der Waals surface area contributed by atoms with E-state index in [1.165, 1.54) is 0 Å². The number of phenols is 1. The van der Waals surface area contributed by atoms with Crippen LogP contribution in [0, 0.1) is 5.92 Å². The van der Waals surface area contributed by atoms with Gasteiger partial charge in [0.15, 0.2) is 0 Å². The summed E-state index contributed by atoms with van der Waals surface area (Å²) in [4.78, 5) is 15.4. The summed E-state index contributed by atoms with van der Waals surface area (Å²) in [6.45, 7) is 2.27. The summed E-state index contributed by atoms with van der Waals surface area (Å²) in [6.07, 6.45) is 1.83. The number of methoxy groups -OCH3 is 1. The second-order valence-corrected chi connectivity index (χ2v) is 7.97. The first kappa shape index (κ1) is 20.9. The second kappa shape index (κ2) is 9.67. The number of benzene rings is 3. The number of piperidine rings is 1. The van der Waals surface area contributed by atoms with Crippen molar-refractivity contribution in [2.45, 2.75) is 19.4 Å². The Morgan fingerprint density at radius 3 is 2.58 bits per heavy atom. The van der Waals surface area contributed by atoms with E-state index in [4.69, 9.17) is 4.74 Å². The van der Waals surface area contributed by atoms with E-state index in [1.54, 1.807) is 13.2 Å². The van der Waals surface area contributed by atoms with Gasteiger partial charge >= 0.3 is 0 Å². The van der Waals surface area contributed by atoms with Crippen LogP contribution in [0.3, 0.4) is 0 Å². The first-order chi connectivity index (χ1) is 15.1. The Bertz CT molecular complexity index is 1030. The fourth-order valence-electron chi connectivity index (χ4n) is 4.15. The number of anilines is 1. The average Bonchev–Trinajstić information content (AvgIpc) is 2.81. The number of phenolic OH excluding ortho intramolecular Hbond substituents is 1. The Labute approximate surface area is 183 Å². The number of hydrogen-bond acceptors (Lipinski definition) is 4. The summed E-state index contributed by atoms with van der Waals surface area (Å²) < 4.78 is 5.25. The lowest BCUT2D eigenvalue weighted by atomic mass is 9.96. The third kappa shape index (κ3) is 5.06. The highest BCUT2D eigenvalue weighted by Gasteiger charge is 2.26. The van der Waals surface area contributed by atoms with Gasteiger partial charge in [-0.3, -0.25) is 9.69 Å². The Morgan fingerprint density at radius 2 is 1.81 bits per heavy atom. The Morgan fingerprint density at radius 1 is 1.06 bits per heavy atom. The van der Waals surface area contributed by atoms with Crippen LogP contribution in [-0.4, -0.2) is 36.1 Å². The molecule has 0 aromatic heterocycles. The van der Waals surface area contributed by atoms with Crippen LogP contribution in [0.2, 0.25) is 0 Å². The highest BCUT2D eigenvalue weighted by Crippen LogP contribution is 2.30. The molecule has 31 heavy (non-hydrogen) atoms. The molecule has 2 N–H and O–H groups in total. The fourth-order valence-corrected chi connectivity index (χ4v) is 4.15. The van der Waals surface area contributed by atoms with E-state index in [0.29, 0.717) is 18.8 Å². The lowest BCUT2D eigenvalue weighted by Crippen LogP contribution is -2.40. The van der Waals surface area contributed by atoms with Crippen LogP contribution in [-0.2, 0) is 11.3 Å². The number of carbonyl (C=O) groups is 1. The number of nitrogens with zero attached hydrogens (tertiary/aromatic N) is 1. The molecule has 160 valence electrons. The fraction of sp³-hybridized carbons (Fsp3) is 0.269. The first-order valence-electron chi connectivity index (χ1n) is 10.7. The van der Waals surface area contributed by atoms with Crippen LogP contribution < -0.4 is 10.1 Å². The van der Waals surface area contributed by atoms with Crippen molar-refractivity contribution < 1.29 is 14.6 Å². The molecule has 0 aliphatic carbocycles. The van der Waals surface area contributed by atoms with E-state index in [-0.39, 0.29) is 11.8 Å². The van der Waals surface area contributed by atoms with E-state index < -0.39 is 0 Å². The number of nitrogens with one attached hydrogen (secondary N) is 1. The molecule has 0 saturated carbocycles. The maximum atomic E-state index is 13.1. The van der Waals surface area contributed by atoms with Gasteiger partial charge in [0.2, 0.25) is 5.91 Å². The Kier molecular flexibility index (Phi) is 6.53. The van der Waals surface area contributed by atoms with E-state index in [1.807, 2.05) is 66.7 Å². The van der Waals surface area contributed by atoms with Gasteiger partial charge in [-0.1, -0.05) is 48.5 Å². The van der Waals surface area contributed by atoms with Gasteiger partial charge in [-0.05, 0) is 49.2 Å². The van der Waals surface area contributed by atoms with Crippen LogP contribution in [0.5, 0.6) is 11.5 Å². The maximum absolute atomic E-state index is 13.1. The number of para-hydroxylation sites is 2. The van der Waals surface area contributed by atoms with E-state index in [0.717, 1.165) is 47.5 Å². The van der Waals surface area contributed by atoms with Crippen molar-refractivity contribution in [1.29, 1.82) is 0 Å². The average molecular weight is 417 g/mol. The molecule has 0 spiro atoms. The zero-order valence-electron chi connectivity index (χ0n) is 17.8. The molecule has 1 unspecified atom stereocenters. The third-order valence-corrected chi connectivity index (χ3v) is 5.85. The van der Waals surface area contributed by atoms with Gasteiger partial charge in [0, 0.05) is 29.9 Å². The molecule has 0 radical (unpaired) electrons. The highest BCUT2D eigenvalue weighted by molar-refractivity contribution is 5.97. The van der Waals surface area contributed by atoms with Gasteiger partial charge < -0.3 is 15.2 Å². The number of hydrogen-bond donors (Lipinski definition) is 2. The molecule has 0 bridgehead atoms. The number of likely N-dealkylation sites (tertiary alicyclic amines) is 1. The second-order valence-electron chi connectivity index (χ2n) is 7.97. The number of ether oxygens (including phenoxy) is 1. The van der Waals surface area contributed by atoms with Crippen molar-refractivity contribution in [2.75, 3.05) is 25.5 Å². The molecule has 1 aliphatic rings. The Hall–Kier alpha value is -3.31. The molecular formula is C26H28N2O3. The highest BCUT2D eigenvalue weighted by atomic mass is 16.5. The summed E-state index contributed by atoms with van der Waals surface area (Å²) >= 11 is 0. The summed E-state index contributed by atoms with van der Waals surface area (Å²) in [7, 11) is 1.65. The zero-order chi connectivity index (χ0) is 21.6. The van der Waals surface area contributed by atoms with Crippen molar-refractivity contribution in [3.63, 3.8) is 0 Å². The number of carbonyl (C=O) groups excluding carboxylic acids is 1. The summed E-state index contributed by atoms with van der Waals surface area (Å²) in [5.74, 6) is 1.07. The zero-order valence-corrected chi connectivity index (χ0v) is 17.8. The quantitative estimate of drug-likeness (QED) is 0.599. The van der Waals surface area contributed by atoms with Crippen LogP contribution in [0.15, 0.2) is 72.8 Å². The van der Waals surface area contributed by atoms with Crippen molar-refractivity contribution in [3.8, 4) is 22.6 Å². The molecule has 1 aliphatic heterocycles. The molecule has 1 heterocycles. The first-order valence-corrected chi connectivity index (χ1v) is 10.7. The van der Waals surface area contributed by atoms with Crippen LogP contribution in [0.1, 0.15) is 18.4 Å². The lowest BCUT2D eigenvalue weighted by Gasteiger charge is -2.32. The molecule has 5 nitrogen and oxygen atoms in total. The number of aromatic hydroxyl groups is 1. The molecule has 1 atom stereocenters. The lowest BCUT2D eigenvalue weighted by molar-refractivity contribution is -0.121. The smallest absolute Gasteiger partial charge is 0.228 e. The molecular weight excluding hydrogens is 388 g/mol. The molecule has 3 aromatic carbocycles. The molecule has 3 aromatic rings. The number of amides is 1. The van der Waals surface area contributed by atoms with Crippen molar-refractivity contribution in [3.05, 3.63) is 78.4 Å². The third-order valence-electron chi connectivity index (χ3n) is 5.85. The monoisotopic (exact) mass is 416 g/mol. The normalized spacial score (nSPS) is 16.6. The topological polar surface area (TPSA) is 61.8 Å². The minimum Gasteiger partial charge on any atom is -0.508 e. The van der Waals surface area contributed by atoms with Crippen molar-refractivity contribution in [2.24, 2.45) is 5.92 Å². The van der Waals surface area contributed by atoms with E-state index >= 15 is 0 Å².